The van der Waals surface area contributed by atoms with E-state index in [0.29, 0.717) is 6.61 Å². The number of allylic oxidation sites excluding steroid dienone is 1. The first kappa shape index (κ1) is 18.8. The zero-order valence-electron chi connectivity index (χ0n) is 16.3. The lowest BCUT2D eigenvalue weighted by Crippen LogP contribution is -2.34. The Morgan fingerprint density at radius 1 is 1.17 bits per heavy atom. The van der Waals surface area contributed by atoms with Crippen LogP contribution in [0.2, 0.25) is 0 Å². The molecule has 1 aliphatic rings. The summed E-state index contributed by atoms with van der Waals surface area (Å²) in [5.41, 5.74) is 6.01. The van der Waals surface area contributed by atoms with E-state index in [1.807, 2.05) is 13.0 Å². The second-order valence-electron chi connectivity index (χ2n) is 8.42. The van der Waals surface area contributed by atoms with Gasteiger partial charge in [0.15, 0.2) is 0 Å². The van der Waals surface area contributed by atoms with Gasteiger partial charge in [-0.15, -0.1) is 0 Å². The highest BCUT2D eigenvalue weighted by molar-refractivity contribution is 5.82. The first-order chi connectivity index (χ1) is 11.1. The summed E-state index contributed by atoms with van der Waals surface area (Å²) in [6.07, 6.45) is 5.95. The van der Waals surface area contributed by atoms with Crippen LogP contribution in [0.5, 0.6) is 0 Å². The maximum atomic E-state index is 11.6. The highest BCUT2D eigenvalue weighted by Crippen LogP contribution is 2.47. The third-order valence-corrected chi connectivity index (χ3v) is 5.54. The number of ether oxygens (including phenoxy) is 1. The number of hydrogen-bond donors (Lipinski definition) is 0. The monoisotopic (exact) mass is 328 g/mol. The topological polar surface area (TPSA) is 26.3 Å². The van der Waals surface area contributed by atoms with E-state index in [-0.39, 0.29) is 22.7 Å². The van der Waals surface area contributed by atoms with Crippen molar-refractivity contribution in [3.63, 3.8) is 0 Å². The van der Waals surface area contributed by atoms with E-state index in [4.69, 9.17) is 4.74 Å². The van der Waals surface area contributed by atoms with E-state index in [1.165, 1.54) is 35.1 Å². The van der Waals surface area contributed by atoms with Crippen LogP contribution < -0.4 is 0 Å². The van der Waals surface area contributed by atoms with Gasteiger partial charge in [0.1, 0.15) is 0 Å². The molecule has 2 heteroatoms. The molecule has 1 atom stereocenters. The number of benzene rings is 1. The highest BCUT2D eigenvalue weighted by atomic mass is 16.5. The second-order valence-corrected chi connectivity index (χ2v) is 8.42. The number of rotatable bonds is 4. The first-order valence-corrected chi connectivity index (χ1v) is 9.09. The molecule has 0 aromatic heterocycles. The number of carbonyl (C=O) groups excluding carboxylic acids is 1. The summed E-state index contributed by atoms with van der Waals surface area (Å²) in [5, 5.41) is 0. The highest BCUT2D eigenvalue weighted by Gasteiger charge is 2.37. The molecule has 132 valence electrons. The van der Waals surface area contributed by atoms with Crippen LogP contribution in [0.4, 0.5) is 0 Å². The second kappa shape index (κ2) is 6.74. The number of hydrogen-bond acceptors (Lipinski definition) is 2. The summed E-state index contributed by atoms with van der Waals surface area (Å²) in [5.74, 6) is -0.0676. The van der Waals surface area contributed by atoms with Crippen LogP contribution in [0, 0.1) is 6.92 Å². The molecule has 1 unspecified atom stereocenters. The molecule has 0 spiro atoms. The Kier molecular flexibility index (Phi) is 5.27. The molecular weight excluding hydrogens is 296 g/mol. The van der Waals surface area contributed by atoms with Crippen molar-refractivity contribution in [1.29, 1.82) is 0 Å². The molecule has 2 rings (SSSR count). The molecule has 0 bridgehead atoms. The zero-order chi connectivity index (χ0) is 18.1. The minimum atomic E-state index is -0.263. The van der Waals surface area contributed by atoms with Crippen molar-refractivity contribution < 1.29 is 9.53 Å². The first-order valence-electron chi connectivity index (χ1n) is 9.09. The predicted octanol–water partition coefficient (Wildman–Crippen LogP) is 5.57. The third kappa shape index (κ3) is 3.74. The molecule has 2 nitrogen and oxygen atoms in total. The van der Waals surface area contributed by atoms with Gasteiger partial charge in [0, 0.05) is 6.08 Å². The van der Waals surface area contributed by atoms with Crippen molar-refractivity contribution in [2.75, 3.05) is 6.61 Å². The van der Waals surface area contributed by atoms with Crippen LogP contribution in [0.25, 0.3) is 0 Å². The largest absolute Gasteiger partial charge is 0.463 e. The minimum Gasteiger partial charge on any atom is -0.463 e. The van der Waals surface area contributed by atoms with Crippen LogP contribution in [-0.4, -0.2) is 12.6 Å². The van der Waals surface area contributed by atoms with E-state index < -0.39 is 0 Å². The van der Waals surface area contributed by atoms with Crippen LogP contribution in [0.3, 0.4) is 0 Å². The maximum Gasteiger partial charge on any atom is 0.330 e. The summed E-state index contributed by atoms with van der Waals surface area (Å²) in [6.45, 7) is 16.0. The van der Waals surface area contributed by atoms with Crippen LogP contribution in [0.1, 0.15) is 82.6 Å². The van der Waals surface area contributed by atoms with Crippen molar-refractivity contribution in [3.8, 4) is 0 Å². The molecule has 1 aromatic carbocycles. The van der Waals surface area contributed by atoms with Gasteiger partial charge in [0.05, 0.1) is 6.61 Å². The molecule has 0 saturated heterocycles. The van der Waals surface area contributed by atoms with Crippen molar-refractivity contribution in [2.24, 2.45) is 0 Å². The molecule has 0 saturated carbocycles. The molecule has 0 N–H and O–H groups in total. The van der Waals surface area contributed by atoms with Gasteiger partial charge in [-0.25, -0.2) is 4.79 Å². The molecule has 1 aliphatic carbocycles. The Morgan fingerprint density at radius 2 is 1.71 bits per heavy atom. The Bertz CT molecular complexity index is 650. The third-order valence-electron chi connectivity index (χ3n) is 5.54. The summed E-state index contributed by atoms with van der Waals surface area (Å²) in [7, 11) is 0. The maximum absolute atomic E-state index is 11.6. The fraction of sp³-hybridized carbons (Fsp3) is 0.591. The average Bonchev–Trinajstić information content (AvgIpc) is 2.49. The van der Waals surface area contributed by atoms with Crippen LogP contribution in [0.15, 0.2) is 24.3 Å². The fourth-order valence-electron chi connectivity index (χ4n) is 3.75. The van der Waals surface area contributed by atoms with E-state index >= 15 is 0 Å². The van der Waals surface area contributed by atoms with E-state index in [9.17, 15) is 4.79 Å². The van der Waals surface area contributed by atoms with Crippen molar-refractivity contribution in [2.45, 2.75) is 78.1 Å². The van der Waals surface area contributed by atoms with Crippen molar-refractivity contribution in [3.05, 3.63) is 46.5 Å². The Hall–Kier alpha value is -1.57. The Labute approximate surface area is 147 Å². The number of carbonyl (C=O) groups is 1. The van der Waals surface area contributed by atoms with Gasteiger partial charge in [-0.05, 0) is 65.7 Å². The molecule has 1 aromatic rings. The van der Waals surface area contributed by atoms with Gasteiger partial charge in [-0.1, -0.05) is 52.8 Å². The molecule has 0 radical (unpaired) electrons. The summed E-state index contributed by atoms with van der Waals surface area (Å²) >= 11 is 0. The number of fused-ring (bicyclic) bond motifs is 1. The van der Waals surface area contributed by atoms with Crippen LogP contribution >= 0.6 is 0 Å². The van der Waals surface area contributed by atoms with E-state index in [0.717, 1.165) is 0 Å². The molecule has 0 amide bonds. The van der Waals surface area contributed by atoms with Crippen molar-refractivity contribution in [1.82, 2.24) is 0 Å². The number of aryl methyl sites for hydroxylation is 1. The Balaban J connectivity index is 2.42. The molecule has 0 fully saturated rings. The predicted molar refractivity (Wildman–Crippen MR) is 101 cm³/mol. The average molecular weight is 328 g/mol. The van der Waals surface area contributed by atoms with Gasteiger partial charge in [-0.3, -0.25) is 0 Å². The minimum absolute atomic E-state index is 0.195. The lowest BCUT2D eigenvalue weighted by molar-refractivity contribution is -0.137. The summed E-state index contributed by atoms with van der Waals surface area (Å²) < 4.78 is 4.98. The molecule has 24 heavy (non-hydrogen) atoms. The summed E-state index contributed by atoms with van der Waals surface area (Å²) in [6, 6.07) is 4.76. The van der Waals surface area contributed by atoms with Gasteiger partial charge < -0.3 is 4.74 Å². The molecular formula is C22H32O2. The standard InChI is InChI=1S/C22H32O2/c1-8-24-20(23)10-9-15(2)17-14-19-18(13-16(17)3)21(4,5)11-12-22(19,6)7/h9-10,13-15H,8,11-12H2,1-7H3/b10-9+. The fourth-order valence-corrected chi connectivity index (χ4v) is 3.75. The van der Waals surface area contributed by atoms with Gasteiger partial charge in [-0.2, -0.15) is 0 Å². The number of esters is 1. The zero-order valence-corrected chi connectivity index (χ0v) is 16.3. The molecule has 0 aliphatic heterocycles. The summed E-state index contributed by atoms with van der Waals surface area (Å²) in [4.78, 5) is 11.6. The lowest BCUT2D eigenvalue weighted by Gasteiger charge is -2.42. The van der Waals surface area contributed by atoms with Crippen molar-refractivity contribution >= 4 is 5.97 Å². The van der Waals surface area contributed by atoms with Gasteiger partial charge in [0.25, 0.3) is 0 Å². The van der Waals surface area contributed by atoms with E-state index in [2.05, 4.69) is 53.7 Å². The smallest absolute Gasteiger partial charge is 0.330 e. The normalized spacial score (nSPS) is 19.8. The van der Waals surface area contributed by atoms with Gasteiger partial charge >= 0.3 is 5.97 Å². The van der Waals surface area contributed by atoms with E-state index in [1.54, 1.807) is 6.08 Å². The lowest BCUT2D eigenvalue weighted by atomic mass is 9.62. The SMILES string of the molecule is CCOC(=O)/C=C/C(C)c1cc2c(cc1C)C(C)(C)CCC2(C)C. The molecule has 0 heterocycles. The van der Waals surface area contributed by atoms with Crippen LogP contribution in [-0.2, 0) is 20.4 Å². The quantitative estimate of drug-likeness (QED) is 0.534. The van der Waals surface area contributed by atoms with Gasteiger partial charge in [0.2, 0.25) is 0 Å². The Morgan fingerprint density at radius 3 is 2.25 bits per heavy atom.